The van der Waals surface area contributed by atoms with Gasteiger partial charge in [-0.1, -0.05) is 235 Å². The van der Waals surface area contributed by atoms with Gasteiger partial charge in [-0.2, -0.15) is 0 Å². The summed E-state index contributed by atoms with van der Waals surface area (Å²) < 4.78 is 0. The summed E-state index contributed by atoms with van der Waals surface area (Å²) in [6.07, 6.45) is 10.9. The second-order valence-corrected chi connectivity index (χ2v) is 24.9. The highest BCUT2D eigenvalue weighted by Gasteiger charge is 2.52. The number of carbonyl (C=O) groups excluding carboxylic acids is 2. The number of aryl methyl sites for hydroxylation is 4. The summed E-state index contributed by atoms with van der Waals surface area (Å²) in [6, 6.07) is 81.3. The Morgan fingerprint density at radius 2 is 0.598 bits per heavy atom. The number of anilines is 8. The molecule has 0 radical (unpaired) electrons. The van der Waals surface area contributed by atoms with Gasteiger partial charge >= 0.3 is 0 Å². The summed E-state index contributed by atoms with van der Waals surface area (Å²) in [5, 5.41) is 31.8. The molecule has 10 aromatic rings. The van der Waals surface area contributed by atoms with E-state index in [9.17, 15) is 19.8 Å². The van der Waals surface area contributed by atoms with E-state index >= 15 is 0 Å². The van der Waals surface area contributed by atoms with Crippen LogP contribution >= 0.6 is 0 Å². The van der Waals surface area contributed by atoms with Crippen molar-refractivity contribution in [2.45, 2.75) is 143 Å². The molecule has 8 nitrogen and oxygen atoms in total. The van der Waals surface area contributed by atoms with Gasteiger partial charge in [0, 0.05) is 70.7 Å². The molecule has 0 aromatic heterocycles. The number of para-hydroxylation sites is 4. The van der Waals surface area contributed by atoms with Crippen LogP contribution < -0.4 is 20.4 Å². The van der Waals surface area contributed by atoms with Crippen LogP contribution in [0.2, 0.25) is 0 Å². The Morgan fingerprint density at radius 1 is 0.348 bits per heavy atom. The summed E-state index contributed by atoms with van der Waals surface area (Å²) in [6.45, 7) is 11.9. The van der Waals surface area contributed by atoms with Gasteiger partial charge in [-0.15, -0.1) is 0 Å². The highest BCUT2D eigenvalue weighted by atomic mass is 16.3. The molecule has 4 N–H and O–H groups in total. The van der Waals surface area contributed by atoms with Gasteiger partial charge in [0.2, 0.25) is 11.8 Å². The van der Waals surface area contributed by atoms with Crippen molar-refractivity contribution in [3.05, 3.63) is 264 Å². The molecule has 1 aliphatic rings. The van der Waals surface area contributed by atoms with E-state index in [0.29, 0.717) is 22.5 Å². The van der Waals surface area contributed by atoms with Gasteiger partial charge in [0.1, 0.15) is 0 Å². The quantitative estimate of drug-likeness (QED) is 0.0431. The lowest BCUT2D eigenvalue weighted by atomic mass is 9.62. The molecule has 92 heavy (non-hydrogen) atoms. The van der Waals surface area contributed by atoms with Gasteiger partial charge in [-0.05, 0) is 156 Å². The van der Waals surface area contributed by atoms with E-state index in [0.717, 1.165) is 156 Å². The van der Waals surface area contributed by atoms with Crippen LogP contribution in [-0.2, 0) is 35.3 Å². The third kappa shape index (κ3) is 14.4. The number of rotatable bonds is 26. The molecule has 0 atom stereocenters. The van der Waals surface area contributed by atoms with E-state index in [1.54, 1.807) is 0 Å². The monoisotopic (exact) mass is 1220 g/mol. The summed E-state index contributed by atoms with van der Waals surface area (Å²) in [5.74, 6) is -2.18. The first-order valence-electron chi connectivity index (χ1n) is 33.5. The number of hydrogen-bond donors (Lipinski definition) is 4. The first-order valence-corrected chi connectivity index (χ1v) is 33.5. The van der Waals surface area contributed by atoms with Crippen molar-refractivity contribution in [1.29, 1.82) is 0 Å². The average Bonchev–Trinajstić information content (AvgIpc) is 0.739. The Hall–Kier alpha value is -9.34. The number of benzene rings is 10. The van der Waals surface area contributed by atoms with Crippen LogP contribution in [0.15, 0.2) is 231 Å². The third-order valence-corrected chi connectivity index (χ3v) is 18.3. The number of amides is 2. The molecule has 1 saturated carbocycles. The van der Waals surface area contributed by atoms with Crippen molar-refractivity contribution in [2.24, 2.45) is 0 Å². The SMILES string of the molecule is CCCCc1ccc(-c2ccccc2N(c2ccc(C3C(O)C(c4ccc(N(c5ccccc5-c5ccc(CCCC)cc5)c5ccccc5-c5ccc(CCCC)cc5)cc4NC(C)=O)C3O)c(NC(C)=O)c2)c2ccccc2-c2ccc(CCCC)cc2)cc1. The standard InChI is InChI=1S/C84H88N4O4/c1-7-11-23-59-35-43-63(44-36-59)69-27-15-19-31-77(69)87(78-32-20-16-28-70(78)64-45-37-60(38-46-64)24-12-8-2)67-51-53-73(75(55-67)85-57(5)89)81-83(91)82(84(81)92)74-54-52-68(56-76(74)86-58(6)90)88(79-33-21-17-29-71(79)65-47-39-61(40-48-65)25-13-9-3)80-34-22-18-30-72(80)66-49-41-62(42-50-66)26-14-10-4/h15-22,27-56,81-84,91-92H,7-14,23-26H2,1-6H3,(H,85,89)(H,86,90). The predicted molar refractivity (Wildman–Crippen MR) is 385 cm³/mol. The molecule has 468 valence electrons. The number of aliphatic hydroxyl groups excluding tert-OH is 2. The largest absolute Gasteiger partial charge is 0.392 e. The minimum Gasteiger partial charge on any atom is -0.392 e. The van der Waals surface area contributed by atoms with Gasteiger partial charge in [-0.25, -0.2) is 0 Å². The van der Waals surface area contributed by atoms with Gasteiger partial charge in [0.05, 0.1) is 35.0 Å². The normalized spacial score (nSPS) is 15.1. The lowest BCUT2D eigenvalue weighted by Crippen LogP contribution is -2.52. The Labute approximate surface area is 545 Å². The highest BCUT2D eigenvalue weighted by Crippen LogP contribution is 2.55. The van der Waals surface area contributed by atoms with Crippen molar-refractivity contribution in [3.8, 4) is 44.5 Å². The molecule has 0 spiro atoms. The van der Waals surface area contributed by atoms with E-state index in [-0.39, 0.29) is 11.8 Å². The number of nitrogens with zero attached hydrogens (tertiary/aromatic N) is 2. The molecule has 8 heteroatoms. The zero-order valence-electron chi connectivity index (χ0n) is 54.3. The molecule has 0 unspecified atom stereocenters. The number of hydrogen-bond acceptors (Lipinski definition) is 6. The zero-order chi connectivity index (χ0) is 64.1. The van der Waals surface area contributed by atoms with Crippen molar-refractivity contribution < 1.29 is 19.8 Å². The Kier molecular flexibility index (Phi) is 21.1. The number of carbonyl (C=O) groups is 2. The summed E-state index contributed by atoms with van der Waals surface area (Å²) in [4.78, 5) is 31.5. The first kappa shape index (κ1) is 64.2. The van der Waals surface area contributed by atoms with Crippen LogP contribution in [0.4, 0.5) is 45.5 Å². The topological polar surface area (TPSA) is 105 Å². The lowest BCUT2D eigenvalue weighted by molar-refractivity contribution is -0.115. The third-order valence-electron chi connectivity index (χ3n) is 18.3. The molecule has 0 saturated heterocycles. The van der Waals surface area contributed by atoms with Crippen molar-refractivity contribution in [3.63, 3.8) is 0 Å². The molecule has 1 fully saturated rings. The highest BCUT2D eigenvalue weighted by molar-refractivity contribution is 5.98. The van der Waals surface area contributed by atoms with Crippen LogP contribution in [0.1, 0.15) is 138 Å². The van der Waals surface area contributed by atoms with Crippen LogP contribution in [0.3, 0.4) is 0 Å². The molecule has 0 bridgehead atoms. The summed E-state index contributed by atoms with van der Waals surface area (Å²) in [7, 11) is 0. The fraction of sp³-hybridized carbons (Fsp3) is 0.262. The summed E-state index contributed by atoms with van der Waals surface area (Å²) in [5.41, 5.74) is 21.2. The molecular weight excluding hydrogens is 1130 g/mol. The fourth-order valence-electron chi connectivity index (χ4n) is 13.4. The lowest BCUT2D eigenvalue weighted by Gasteiger charge is -2.48. The van der Waals surface area contributed by atoms with E-state index in [2.05, 4.69) is 242 Å². The molecule has 0 heterocycles. The summed E-state index contributed by atoms with van der Waals surface area (Å²) >= 11 is 0. The molecule has 2 amide bonds. The second-order valence-electron chi connectivity index (χ2n) is 24.9. The molecule has 10 aromatic carbocycles. The smallest absolute Gasteiger partial charge is 0.221 e. The minimum atomic E-state index is -1.11. The fourth-order valence-corrected chi connectivity index (χ4v) is 13.4. The van der Waals surface area contributed by atoms with Crippen LogP contribution in [0.25, 0.3) is 44.5 Å². The Balaban J connectivity index is 0.995. The molecular formula is C84H88N4O4. The predicted octanol–water partition coefficient (Wildman–Crippen LogP) is 21.2. The van der Waals surface area contributed by atoms with Gasteiger partial charge in [0.15, 0.2) is 0 Å². The van der Waals surface area contributed by atoms with E-state index in [1.807, 2.05) is 36.4 Å². The number of nitrogens with one attached hydrogen (secondary N) is 2. The average molecular weight is 1220 g/mol. The maximum atomic E-state index is 13.5. The van der Waals surface area contributed by atoms with E-state index in [1.165, 1.54) is 36.1 Å². The maximum absolute atomic E-state index is 13.5. The van der Waals surface area contributed by atoms with Crippen LogP contribution in [-0.4, -0.2) is 34.2 Å². The van der Waals surface area contributed by atoms with Gasteiger partial charge < -0.3 is 30.6 Å². The van der Waals surface area contributed by atoms with Gasteiger partial charge in [0.25, 0.3) is 0 Å². The van der Waals surface area contributed by atoms with Crippen molar-refractivity contribution in [2.75, 3.05) is 20.4 Å². The number of unbranched alkanes of at least 4 members (excludes halogenated alkanes) is 4. The maximum Gasteiger partial charge on any atom is 0.221 e. The molecule has 11 rings (SSSR count). The van der Waals surface area contributed by atoms with Crippen LogP contribution in [0.5, 0.6) is 0 Å². The Morgan fingerprint density at radius 3 is 0.837 bits per heavy atom. The molecule has 0 aliphatic heterocycles. The van der Waals surface area contributed by atoms with Gasteiger partial charge in [-0.3, -0.25) is 9.59 Å². The van der Waals surface area contributed by atoms with E-state index in [4.69, 9.17) is 0 Å². The van der Waals surface area contributed by atoms with Crippen LogP contribution in [0, 0.1) is 0 Å². The number of aliphatic hydroxyl groups is 2. The first-order chi connectivity index (χ1) is 45.0. The van der Waals surface area contributed by atoms with Crippen molar-refractivity contribution in [1.82, 2.24) is 0 Å². The second kappa shape index (κ2) is 30.2. The minimum absolute atomic E-state index is 0.286. The zero-order valence-corrected chi connectivity index (χ0v) is 54.3. The van der Waals surface area contributed by atoms with Crippen molar-refractivity contribution >= 4 is 57.3 Å². The molecule has 1 aliphatic carbocycles. The Bertz CT molecular complexity index is 3650. The van der Waals surface area contributed by atoms with E-state index < -0.39 is 24.0 Å².